The summed E-state index contributed by atoms with van der Waals surface area (Å²) >= 11 is 4.05. The number of hydrogen-bond donors (Lipinski definition) is 2. The standard InChI is InChI=1S/C24H32BrN3O2/c25-24-11-17-7-18(12-24)10-23(9-17,15-24)13-21(29)27-19-4-1-3-16(8-19)14-28-6-2-5-20(28)22(26)30/h1,3-4,8,17-18,20H,2,5-7,9-15H2,(H2,26,30)(H,27,29). The number of rotatable bonds is 6. The van der Waals surface area contributed by atoms with Crippen LogP contribution in [0.25, 0.3) is 0 Å². The number of anilines is 1. The largest absolute Gasteiger partial charge is 0.368 e. The van der Waals surface area contributed by atoms with Gasteiger partial charge in [-0.25, -0.2) is 0 Å². The van der Waals surface area contributed by atoms with Gasteiger partial charge in [0.2, 0.25) is 11.8 Å². The lowest BCUT2D eigenvalue weighted by Gasteiger charge is -2.60. The first-order valence-corrected chi connectivity index (χ1v) is 12.2. The summed E-state index contributed by atoms with van der Waals surface area (Å²) in [6.07, 6.45) is 9.99. The Kier molecular flexibility index (Phi) is 5.21. The first kappa shape index (κ1) is 20.5. The smallest absolute Gasteiger partial charge is 0.234 e. The number of halogens is 1. The highest BCUT2D eigenvalue weighted by atomic mass is 79.9. The van der Waals surface area contributed by atoms with E-state index in [-0.39, 0.29) is 27.6 Å². The molecule has 3 unspecified atom stereocenters. The Morgan fingerprint density at radius 3 is 2.67 bits per heavy atom. The molecule has 0 spiro atoms. The third kappa shape index (κ3) is 4.05. The van der Waals surface area contributed by atoms with E-state index in [1.807, 2.05) is 18.2 Å². The fourth-order valence-corrected chi connectivity index (χ4v) is 8.92. The van der Waals surface area contributed by atoms with Gasteiger partial charge in [0.25, 0.3) is 0 Å². The number of carbonyl (C=O) groups is 2. The van der Waals surface area contributed by atoms with E-state index in [9.17, 15) is 9.59 Å². The average molecular weight is 474 g/mol. The van der Waals surface area contributed by atoms with Crippen molar-refractivity contribution in [1.82, 2.24) is 4.90 Å². The molecule has 0 radical (unpaired) electrons. The van der Waals surface area contributed by atoms with Crippen LogP contribution in [0.15, 0.2) is 24.3 Å². The number of carbonyl (C=O) groups excluding carboxylic acids is 2. The van der Waals surface area contributed by atoms with Gasteiger partial charge in [-0.2, -0.15) is 0 Å². The van der Waals surface area contributed by atoms with Crippen LogP contribution < -0.4 is 11.1 Å². The summed E-state index contributed by atoms with van der Waals surface area (Å²) in [6, 6.07) is 7.87. The number of likely N-dealkylation sites (tertiary alicyclic amines) is 1. The zero-order chi connectivity index (χ0) is 20.9. The Morgan fingerprint density at radius 2 is 1.97 bits per heavy atom. The van der Waals surface area contributed by atoms with E-state index >= 15 is 0 Å². The quantitative estimate of drug-likeness (QED) is 0.607. The van der Waals surface area contributed by atoms with Gasteiger partial charge in [-0.1, -0.05) is 28.1 Å². The van der Waals surface area contributed by atoms with Gasteiger partial charge in [-0.3, -0.25) is 14.5 Å². The number of nitrogens with one attached hydrogen (secondary N) is 1. The van der Waals surface area contributed by atoms with E-state index in [1.54, 1.807) is 0 Å². The normalized spacial score (nSPS) is 37.4. The van der Waals surface area contributed by atoms with E-state index in [0.29, 0.717) is 13.0 Å². The topological polar surface area (TPSA) is 75.4 Å². The fourth-order valence-electron chi connectivity index (χ4n) is 7.41. The molecule has 3 N–H and O–H groups in total. The van der Waals surface area contributed by atoms with Crippen molar-refractivity contribution in [2.24, 2.45) is 23.0 Å². The van der Waals surface area contributed by atoms with E-state index in [0.717, 1.165) is 48.9 Å². The van der Waals surface area contributed by atoms with Gasteiger partial charge >= 0.3 is 0 Å². The van der Waals surface area contributed by atoms with Gasteiger partial charge in [-0.15, -0.1) is 0 Å². The van der Waals surface area contributed by atoms with Gasteiger partial charge in [-0.05, 0) is 92.9 Å². The summed E-state index contributed by atoms with van der Waals surface area (Å²) in [7, 11) is 0. The number of amides is 2. The molecule has 162 valence electrons. The number of nitrogens with two attached hydrogens (primary N) is 1. The van der Waals surface area contributed by atoms with E-state index in [2.05, 4.69) is 32.2 Å². The molecule has 1 aromatic carbocycles. The number of primary amides is 1. The van der Waals surface area contributed by atoms with E-state index in [1.165, 1.54) is 32.1 Å². The summed E-state index contributed by atoms with van der Waals surface area (Å²) in [6.45, 7) is 1.58. The Labute approximate surface area is 187 Å². The summed E-state index contributed by atoms with van der Waals surface area (Å²) in [5.74, 6) is 1.49. The molecule has 3 atom stereocenters. The van der Waals surface area contributed by atoms with Crippen molar-refractivity contribution < 1.29 is 9.59 Å². The molecule has 1 heterocycles. The van der Waals surface area contributed by atoms with Crippen molar-refractivity contribution in [2.45, 2.75) is 74.7 Å². The molecule has 5 nitrogen and oxygen atoms in total. The maximum Gasteiger partial charge on any atom is 0.234 e. The van der Waals surface area contributed by atoms with Crippen LogP contribution in [-0.4, -0.2) is 33.6 Å². The molecule has 4 bridgehead atoms. The molecule has 1 aliphatic heterocycles. The maximum atomic E-state index is 13.0. The lowest BCUT2D eigenvalue weighted by Crippen LogP contribution is -2.53. The predicted molar refractivity (Wildman–Crippen MR) is 121 cm³/mol. The molecule has 6 rings (SSSR count). The van der Waals surface area contributed by atoms with Crippen molar-refractivity contribution >= 4 is 33.4 Å². The van der Waals surface area contributed by atoms with Crippen LogP contribution in [0, 0.1) is 17.3 Å². The van der Waals surface area contributed by atoms with Crippen LogP contribution >= 0.6 is 15.9 Å². The van der Waals surface area contributed by atoms with Crippen molar-refractivity contribution in [3.8, 4) is 0 Å². The minimum absolute atomic E-state index is 0.140. The van der Waals surface area contributed by atoms with Crippen LogP contribution in [0.5, 0.6) is 0 Å². The molecular formula is C24H32BrN3O2. The molecule has 1 aromatic rings. The predicted octanol–water partition coefficient (Wildman–Crippen LogP) is 4.20. The highest BCUT2D eigenvalue weighted by Crippen LogP contribution is 2.65. The van der Waals surface area contributed by atoms with Crippen molar-refractivity contribution in [3.63, 3.8) is 0 Å². The molecule has 4 saturated carbocycles. The molecule has 5 fully saturated rings. The maximum absolute atomic E-state index is 13.0. The Morgan fingerprint density at radius 1 is 1.20 bits per heavy atom. The number of alkyl halides is 1. The van der Waals surface area contributed by atoms with Gasteiger partial charge in [0.05, 0.1) is 6.04 Å². The molecular weight excluding hydrogens is 442 g/mol. The third-order valence-electron chi connectivity index (χ3n) is 7.93. The Hall–Kier alpha value is -1.40. The van der Waals surface area contributed by atoms with Crippen LogP contribution in [0.1, 0.15) is 63.4 Å². The molecule has 4 aliphatic carbocycles. The zero-order valence-corrected chi connectivity index (χ0v) is 19.1. The van der Waals surface area contributed by atoms with Crippen molar-refractivity contribution in [2.75, 3.05) is 11.9 Å². The van der Waals surface area contributed by atoms with Crippen LogP contribution in [0.2, 0.25) is 0 Å². The molecule has 1 saturated heterocycles. The van der Waals surface area contributed by atoms with Crippen molar-refractivity contribution in [3.05, 3.63) is 29.8 Å². The monoisotopic (exact) mass is 473 g/mol. The highest BCUT2D eigenvalue weighted by Gasteiger charge is 2.57. The Balaban J connectivity index is 1.23. The first-order chi connectivity index (χ1) is 14.3. The second-order valence-electron chi connectivity index (χ2n) is 10.6. The highest BCUT2D eigenvalue weighted by molar-refractivity contribution is 9.10. The average Bonchev–Trinajstić information content (AvgIpc) is 3.07. The van der Waals surface area contributed by atoms with E-state index < -0.39 is 0 Å². The summed E-state index contributed by atoms with van der Waals surface area (Å²) in [5.41, 5.74) is 7.69. The van der Waals surface area contributed by atoms with Crippen LogP contribution in [0.4, 0.5) is 5.69 Å². The number of nitrogens with zero attached hydrogens (tertiary/aromatic N) is 1. The minimum Gasteiger partial charge on any atom is -0.368 e. The minimum atomic E-state index is -0.239. The molecule has 30 heavy (non-hydrogen) atoms. The Bertz CT molecular complexity index is 843. The lowest BCUT2D eigenvalue weighted by atomic mass is 9.48. The second kappa shape index (κ2) is 7.63. The molecule has 6 heteroatoms. The number of hydrogen-bond acceptors (Lipinski definition) is 3. The zero-order valence-electron chi connectivity index (χ0n) is 17.5. The van der Waals surface area contributed by atoms with Gasteiger partial charge in [0.1, 0.15) is 0 Å². The number of benzene rings is 1. The molecule has 2 amide bonds. The molecule has 5 aliphatic rings. The second-order valence-corrected chi connectivity index (χ2v) is 12.3. The van der Waals surface area contributed by atoms with E-state index in [4.69, 9.17) is 5.73 Å². The summed E-state index contributed by atoms with van der Waals surface area (Å²) < 4.78 is 0.282. The molecule has 0 aromatic heterocycles. The van der Waals surface area contributed by atoms with Gasteiger partial charge in [0, 0.05) is 23.0 Å². The lowest BCUT2D eigenvalue weighted by molar-refractivity contribution is -0.123. The summed E-state index contributed by atoms with van der Waals surface area (Å²) in [5, 5.41) is 3.16. The van der Waals surface area contributed by atoms with Gasteiger partial charge < -0.3 is 11.1 Å². The third-order valence-corrected chi connectivity index (χ3v) is 8.86. The van der Waals surface area contributed by atoms with Gasteiger partial charge in [0.15, 0.2) is 0 Å². The SMILES string of the molecule is NC(=O)C1CCCN1Cc1cccc(NC(=O)CC23CC4CC(CC(Br)(C4)C2)C3)c1. The van der Waals surface area contributed by atoms with Crippen LogP contribution in [0.3, 0.4) is 0 Å². The first-order valence-electron chi connectivity index (χ1n) is 11.4. The summed E-state index contributed by atoms with van der Waals surface area (Å²) in [4.78, 5) is 26.8. The fraction of sp³-hybridized carbons (Fsp3) is 0.667. The van der Waals surface area contributed by atoms with Crippen molar-refractivity contribution in [1.29, 1.82) is 0 Å². The van der Waals surface area contributed by atoms with Crippen LogP contribution in [-0.2, 0) is 16.1 Å².